The van der Waals surface area contributed by atoms with E-state index in [4.69, 9.17) is 10.0 Å². The number of sulfonamides is 1. The van der Waals surface area contributed by atoms with Crippen molar-refractivity contribution in [1.82, 2.24) is 4.72 Å². The Bertz CT molecular complexity index is 430. The third kappa shape index (κ3) is 5.12. The normalized spacial score (nSPS) is 11.2. The van der Waals surface area contributed by atoms with Crippen LogP contribution in [0, 0.1) is 0 Å². The molecule has 1 rings (SSSR count). The molecule has 88 valence electrons. The zero-order valence-electron chi connectivity index (χ0n) is 8.62. The fraction of sp³-hybridized carbons (Fsp3) is 0.250. The molecule has 0 heterocycles. The van der Waals surface area contributed by atoms with Crippen LogP contribution in [0.15, 0.2) is 24.3 Å². The van der Waals surface area contributed by atoms with Gasteiger partial charge < -0.3 is 14.7 Å². The van der Waals surface area contributed by atoms with Crippen molar-refractivity contribution in [2.45, 2.75) is 6.54 Å². The van der Waals surface area contributed by atoms with Crippen LogP contribution in [0.4, 0.5) is 0 Å². The van der Waals surface area contributed by atoms with Crippen molar-refractivity contribution >= 4 is 17.3 Å². The van der Waals surface area contributed by atoms with Gasteiger partial charge in [0.25, 0.3) is 0 Å². The first-order valence-electron chi connectivity index (χ1n) is 4.43. The molecular formula is C8H12BNO5S. The van der Waals surface area contributed by atoms with E-state index >= 15 is 0 Å². The summed E-state index contributed by atoms with van der Waals surface area (Å²) in [6.07, 6.45) is 1.08. The van der Waals surface area contributed by atoms with E-state index in [1.165, 1.54) is 12.1 Å². The zero-order chi connectivity index (χ0) is 12.2. The van der Waals surface area contributed by atoms with Crippen LogP contribution in [0.3, 0.4) is 0 Å². The van der Waals surface area contributed by atoms with Crippen molar-refractivity contribution in [3.8, 4) is 5.75 Å². The van der Waals surface area contributed by atoms with Crippen LogP contribution in [-0.2, 0) is 16.6 Å². The molecule has 3 N–H and O–H groups in total. The maximum Gasteiger partial charge on any atom is 0.707 e. The molecule has 0 aliphatic carbocycles. The number of benzene rings is 1. The average Bonchev–Trinajstić information content (AvgIpc) is 2.14. The molecule has 0 bridgehead atoms. The summed E-state index contributed by atoms with van der Waals surface area (Å²) < 4.78 is 28.5. The standard InChI is InChI=1S/C8H12BNO5S/c1-16(13,14)10-6-7-2-4-8(5-3-7)15-9(11)12/h2-5,10-12H,6H2,1H3. The van der Waals surface area contributed by atoms with Gasteiger partial charge in [-0.2, -0.15) is 0 Å². The smallest absolute Gasteiger partial charge is 0.512 e. The van der Waals surface area contributed by atoms with E-state index in [-0.39, 0.29) is 12.3 Å². The van der Waals surface area contributed by atoms with E-state index in [1.807, 2.05) is 0 Å². The molecule has 0 saturated carbocycles. The van der Waals surface area contributed by atoms with Gasteiger partial charge in [0.05, 0.1) is 6.26 Å². The van der Waals surface area contributed by atoms with Gasteiger partial charge in [0.15, 0.2) is 0 Å². The van der Waals surface area contributed by atoms with Gasteiger partial charge in [0.2, 0.25) is 10.0 Å². The summed E-state index contributed by atoms with van der Waals surface area (Å²) in [5.74, 6) is 0.290. The first-order chi connectivity index (χ1) is 7.37. The second-order valence-electron chi connectivity index (χ2n) is 3.18. The van der Waals surface area contributed by atoms with E-state index < -0.39 is 17.3 Å². The molecule has 0 saturated heterocycles. The predicted molar refractivity (Wildman–Crippen MR) is 58.9 cm³/mol. The molecule has 0 unspecified atom stereocenters. The van der Waals surface area contributed by atoms with Crippen LogP contribution < -0.4 is 9.38 Å². The second-order valence-corrected chi connectivity index (χ2v) is 5.01. The van der Waals surface area contributed by atoms with Crippen LogP contribution in [0.1, 0.15) is 5.56 Å². The Kier molecular flexibility index (Phi) is 4.31. The van der Waals surface area contributed by atoms with Gasteiger partial charge in [0.1, 0.15) is 5.75 Å². The number of rotatable bonds is 5. The Morgan fingerprint density at radius 2 is 1.88 bits per heavy atom. The lowest BCUT2D eigenvalue weighted by Gasteiger charge is -2.06. The molecule has 0 aliphatic heterocycles. The van der Waals surface area contributed by atoms with Gasteiger partial charge in [-0.1, -0.05) is 12.1 Å². The van der Waals surface area contributed by atoms with Crippen LogP contribution in [-0.4, -0.2) is 32.0 Å². The summed E-state index contributed by atoms with van der Waals surface area (Å²) >= 11 is 0. The monoisotopic (exact) mass is 245 g/mol. The molecule has 1 aromatic rings. The second kappa shape index (κ2) is 5.31. The highest BCUT2D eigenvalue weighted by Crippen LogP contribution is 2.12. The fourth-order valence-electron chi connectivity index (χ4n) is 1.02. The quantitative estimate of drug-likeness (QED) is 0.583. The first kappa shape index (κ1) is 13.0. The summed E-state index contributed by atoms with van der Waals surface area (Å²) in [7, 11) is -5.07. The molecule has 0 aromatic heterocycles. The summed E-state index contributed by atoms with van der Waals surface area (Å²) in [4.78, 5) is 0. The molecule has 1 aromatic carbocycles. The highest BCUT2D eigenvalue weighted by Gasteiger charge is 2.10. The zero-order valence-corrected chi connectivity index (χ0v) is 9.44. The van der Waals surface area contributed by atoms with Gasteiger partial charge in [0, 0.05) is 6.54 Å². The third-order valence-corrected chi connectivity index (χ3v) is 2.37. The Morgan fingerprint density at radius 3 is 2.31 bits per heavy atom. The Labute approximate surface area is 94.1 Å². The number of nitrogens with one attached hydrogen (secondary N) is 1. The molecule has 0 aliphatic rings. The minimum Gasteiger partial charge on any atom is -0.512 e. The van der Waals surface area contributed by atoms with E-state index in [0.717, 1.165) is 11.8 Å². The number of hydrogen-bond donors (Lipinski definition) is 3. The van der Waals surface area contributed by atoms with Crippen LogP contribution >= 0.6 is 0 Å². The summed E-state index contributed by atoms with van der Waals surface area (Å²) in [5, 5.41) is 17.1. The molecule has 0 radical (unpaired) electrons. The van der Waals surface area contributed by atoms with Gasteiger partial charge >= 0.3 is 7.32 Å². The molecule has 0 spiro atoms. The summed E-state index contributed by atoms with van der Waals surface area (Å²) in [6.45, 7) is 0.181. The van der Waals surface area contributed by atoms with Crippen LogP contribution in [0.25, 0.3) is 0 Å². The lowest BCUT2D eigenvalue weighted by Crippen LogP contribution is -2.21. The molecule has 0 fully saturated rings. The van der Waals surface area contributed by atoms with Crippen molar-refractivity contribution in [3.05, 3.63) is 29.8 Å². The van der Waals surface area contributed by atoms with E-state index in [1.54, 1.807) is 12.1 Å². The Balaban J connectivity index is 2.58. The molecular weight excluding hydrogens is 233 g/mol. The number of hydrogen-bond acceptors (Lipinski definition) is 5. The molecule has 0 amide bonds. The highest BCUT2D eigenvalue weighted by molar-refractivity contribution is 7.88. The molecule has 8 heteroatoms. The maximum absolute atomic E-state index is 10.8. The predicted octanol–water partition coefficient (Wildman–Crippen LogP) is -0.916. The van der Waals surface area contributed by atoms with Crippen molar-refractivity contribution in [3.63, 3.8) is 0 Å². The lowest BCUT2D eigenvalue weighted by molar-refractivity contribution is 0.288. The van der Waals surface area contributed by atoms with Crippen molar-refractivity contribution in [1.29, 1.82) is 0 Å². The van der Waals surface area contributed by atoms with E-state index in [2.05, 4.69) is 9.38 Å². The van der Waals surface area contributed by atoms with Crippen molar-refractivity contribution in [2.75, 3.05) is 6.26 Å². The maximum atomic E-state index is 10.8. The summed E-state index contributed by atoms with van der Waals surface area (Å²) in [6, 6.07) is 6.27. The molecule has 6 nitrogen and oxygen atoms in total. The third-order valence-electron chi connectivity index (χ3n) is 1.70. The SMILES string of the molecule is CS(=O)(=O)NCc1ccc(OB(O)O)cc1. The minimum atomic E-state index is -3.21. The lowest BCUT2D eigenvalue weighted by atomic mass is 10.2. The van der Waals surface area contributed by atoms with E-state index in [0.29, 0.717) is 0 Å². The topological polar surface area (TPSA) is 95.9 Å². The first-order valence-corrected chi connectivity index (χ1v) is 6.32. The average molecular weight is 245 g/mol. The van der Waals surface area contributed by atoms with Gasteiger partial charge in [-0.25, -0.2) is 13.1 Å². The van der Waals surface area contributed by atoms with Crippen molar-refractivity contribution < 1.29 is 23.1 Å². The largest absolute Gasteiger partial charge is 0.707 e. The van der Waals surface area contributed by atoms with Gasteiger partial charge in [-0.05, 0) is 17.7 Å². The highest BCUT2D eigenvalue weighted by atomic mass is 32.2. The minimum absolute atomic E-state index is 0.181. The molecule has 16 heavy (non-hydrogen) atoms. The Hall–Kier alpha value is -1.09. The van der Waals surface area contributed by atoms with Gasteiger partial charge in [-0.3, -0.25) is 0 Å². The summed E-state index contributed by atoms with van der Waals surface area (Å²) in [5.41, 5.74) is 0.741. The Morgan fingerprint density at radius 1 is 1.31 bits per heavy atom. The fourth-order valence-corrected chi connectivity index (χ4v) is 1.45. The van der Waals surface area contributed by atoms with E-state index in [9.17, 15) is 8.42 Å². The van der Waals surface area contributed by atoms with Gasteiger partial charge in [-0.15, -0.1) is 0 Å². The van der Waals surface area contributed by atoms with Crippen molar-refractivity contribution in [2.24, 2.45) is 0 Å². The van der Waals surface area contributed by atoms with Crippen LogP contribution in [0.5, 0.6) is 5.75 Å². The molecule has 0 atom stereocenters. The van der Waals surface area contributed by atoms with Crippen LogP contribution in [0.2, 0.25) is 0 Å².